The minimum atomic E-state index is -4.40. The Labute approximate surface area is 96.7 Å². The van der Waals surface area contributed by atoms with Crippen molar-refractivity contribution in [2.24, 2.45) is 0 Å². The number of imidazole rings is 1. The first-order valence-electron chi connectivity index (χ1n) is 5.08. The second-order valence-electron chi connectivity index (χ2n) is 3.88. The molecule has 2 rings (SSSR count). The number of aryl methyl sites for hydroxylation is 2. The van der Waals surface area contributed by atoms with E-state index in [0.717, 1.165) is 11.8 Å². The van der Waals surface area contributed by atoms with Crippen molar-refractivity contribution < 1.29 is 13.2 Å². The number of nitrogens with zero attached hydrogens (tertiary/aromatic N) is 2. The normalized spacial score (nSPS) is 11.8. The van der Waals surface area contributed by atoms with E-state index in [2.05, 4.69) is 4.98 Å². The molecule has 2 aromatic rings. The summed E-state index contributed by atoms with van der Waals surface area (Å²) in [5.41, 5.74) is 0.870. The second-order valence-corrected chi connectivity index (χ2v) is 3.88. The number of aromatic nitrogens is 2. The molecule has 1 aromatic heterocycles. The molecule has 17 heavy (non-hydrogen) atoms. The molecule has 0 spiro atoms. The molecule has 0 bridgehead atoms. The largest absolute Gasteiger partial charge is 0.434 e. The zero-order chi connectivity index (χ0) is 12.6. The molecule has 1 aromatic carbocycles. The standard InChI is InChI=1S/C12H11F3N2/c1-8-3-5-10(6-4-8)17-7-11(12(13,14)15)16-9(17)2/h3-7H,1-2H3. The molecule has 0 aliphatic carbocycles. The van der Waals surface area contributed by atoms with Gasteiger partial charge in [-0.3, -0.25) is 0 Å². The summed E-state index contributed by atoms with van der Waals surface area (Å²) >= 11 is 0. The Kier molecular flexibility index (Phi) is 2.69. The molecule has 0 aliphatic heterocycles. The van der Waals surface area contributed by atoms with Gasteiger partial charge < -0.3 is 4.57 Å². The minimum absolute atomic E-state index is 0.321. The van der Waals surface area contributed by atoms with Crippen molar-refractivity contribution in [1.29, 1.82) is 0 Å². The molecule has 0 atom stereocenters. The van der Waals surface area contributed by atoms with Crippen LogP contribution in [0.15, 0.2) is 30.5 Å². The third-order valence-corrected chi connectivity index (χ3v) is 2.48. The van der Waals surface area contributed by atoms with Crippen LogP contribution >= 0.6 is 0 Å². The van der Waals surface area contributed by atoms with Crippen molar-refractivity contribution in [3.05, 3.63) is 47.5 Å². The van der Waals surface area contributed by atoms with Gasteiger partial charge in [0.05, 0.1) is 0 Å². The fourth-order valence-corrected chi connectivity index (χ4v) is 1.58. The number of hydrogen-bond donors (Lipinski definition) is 0. The van der Waals surface area contributed by atoms with Crippen molar-refractivity contribution in [2.45, 2.75) is 20.0 Å². The van der Waals surface area contributed by atoms with E-state index in [4.69, 9.17) is 0 Å². The molecule has 0 unspecified atom stereocenters. The Balaban J connectivity index is 2.46. The lowest BCUT2D eigenvalue weighted by molar-refractivity contribution is -0.141. The van der Waals surface area contributed by atoms with Gasteiger partial charge in [-0.05, 0) is 26.0 Å². The van der Waals surface area contributed by atoms with Crippen LogP contribution in [0.3, 0.4) is 0 Å². The van der Waals surface area contributed by atoms with E-state index in [0.29, 0.717) is 11.5 Å². The molecular weight excluding hydrogens is 229 g/mol. The van der Waals surface area contributed by atoms with E-state index in [-0.39, 0.29) is 0 Å². The van der Waals surface area contributed by atoms with Crippen LogP contribution in [0.2, 0.25) is 0 Å². The van der Waals surface area contributed by atoms with Crippen molar-refractivity contribution in [3.63, 3.8) is 0 Å². The Bertz CT molecular complexity index is 524. The fraction of sp³-hybridized carbons (Fsp3) is 0.250. The predicted octanol–water partition coefficient (Wildman–Crippen LogP) is 3.51. The van der Waals surface area contributed by atoms with Crippen molar-refractivity contribution in [3.8, 4) is 5.69 Å². The lowest BCUT2D eigenvalue weighted by atomic mass is 10.2. The Morgan fingerprint density at radius 2 is 1.65 bits per heavy atom. The minimum Gasteiger partial charge on any atom is -0.303 e. The van der Waals surface area contributed by atoms with Crippen molar-refractivity contribution in [1.82, 2.24) is 9.55 Å². The van der Waals surface area contributed by atoms with Crippen LogP contribution in [0.4, 0.5) is 13.2 Å². The molecule has 90 valence electrons. The highest BCUT2D eigenvalue weighted by Gasteiger charge is 2.34. The van der Waals surface area contributed by atoms with E-state index in [1.807, 2.05) is 19.1 Å². The van der Waals surface area contributed by atoms with Crippen molar-refractivity contribution in [2.75, 3.05) is 0 Å². The summed E-state index contributed by atoms with van der Waals surface area (Å²) in [5.74, 6) is 0.321. The fourth-order valence-electron chi connectivity index (χ4n) is 1.58. The van der Waals surface area contributed by atoms with Crippen LogP contribution in [-0.4, -0.2) is 9.55 Å². The van der Waals surface area contributed by atoms with Crippen LogP contribution in [0.5, 0.6) is 0 Å². The third-order valence-electron chi connectivity index (χ3n) is 2.48. The molecule has 0 aliphatic rings. The van der Waals surface area contributed by atoms with Gasteiger partial charge in [0.2, 0.25) is 0 Å². The molecule has 2 nitrogen and oxygen atoms in total. The molecule has 0 radical (unpaired) electrons. The zero-order valence-corrected chi connectivity index (χ0v) is 9.42. The zero-order valence-electron chi connectivity index (χ0n) is 9.42. The lowest BCUT2D eigenvalue weighted by Gasteiger charge is -2.04. The summed E-state index contributed by atoms with van der Waals surface area (Å²) in [4.78, 5) is 3.52. The first-order valence-corrected chi connectivity index (χ1v) is 5.08. The highest BCUT2D eigenvalue weighted by atomic mass is 19.4. The van der Waals surface area contributed by atoms with E-state index < -0.39 is 11.9 Å². The van der Waals surface area contributed by atoms with Gasteiger partial charge in [-0.15, -0.1) is 0 Å². The maximum Gasteiger partial charge on any atom is 0.434 e. The molecule has 0 N–H and O–H groups in total. The van der Waals surface area contributed by atoms with Gasteiger partial charge >= 0.3 is 6.18 Å². The molecule has 5 heteroatoms. The predicted molar refractivity (Wildman–Crippen MR) is 58.0 cm³/mol. The SMILES string of the molecule is Cc1ccc(-n2cc(C(F)(F)F)nc2C)cc1. The smallest absolute Gasteiger partial charge is 0.303 e. The number of halogens is 3. The second kappa shape index (κ2) is 3.91. The van der Waals surface area contributed by atoms with Gasteiger partial charge in [-0.25, -0.2) is 4.98 Å². The van der Waals surface area contributed by atoms with E-state index in [1.165, 1.54) is 4.57 Å². The van der Waals surface area contributed by atoms with Crippen LogP contribution in [-0.2, 0) is 6.18 Å². The summed E-state index contributed by atoms with van der Waals surface area (Å²) in [6.45, 7) is 3.47. The van der Waals surface area contributed by atoms with E-state index in [9.17, 15) is 13.2 Å². The first kappa shape index (κ1) is 11.7. The molecule has 1 heterocycles. The summed E-state index contributed by atoms with van der Waals surface area (Å²) in [5, 5.41) is 0. The van der Waals surface area contributed by atoms with Gasteiger partial charge in [0.1, 0.15) is 5.82 Å². The topological polar surface area (TPSA) is 17.8 Å². The maximum absolute atomic E-state index is 12.5. The van der Waals surface area contributed by atoms with Gasteiger partial charge in [-0.2, -0.15) is 13.2 Å². The van der Waals surface area contributed by atoms with E-state index in [1.54, 1.807) is 19.1 Å². The molecular formula is C12H11F3N2. The van der Waals surface area contributed by atoms with Gasteiger partial charge in [0.15, 0.2) is 5.69 Å². The number of alkyl halides is 3. The van der Waals surface area contributed by atoms with Crippen molar-refractivity contribution >= 4 is 0 Å². The summed E-state index contributed by atoms with van der Waals surface area (Å²) in [7, 11) is 0. The average molecular weight is 240 g/mol. The van der Waals surface area contributed by atoms with E-state index >= 15 is 0 Å². The molecule has 0 fully saturated rings. The maximum atomic E-state index is 12.5. The lowest BCUT2D eigenvalue weighted by Crippen LogP contribution is -2.04. The van der Waals surface area contributed by atoms with Gasteiger partial charge in [0.25, 0.3) is 0 Å². The quantitative estimate of drug-likeness (QED) is 0.745. The third kappa shape index (κ3) is 2.33. The number of rotatable bonds is 1. The van der Waals surface area contributed by atoms with Crippen LogP contribution in [0.25, 0.3) is 5.69 Å². The Morgan fingerprint density at radius 3 is 2.12 bits per heavy atom. The Morgan fingerprint density at radius 1 is 1.06 bits per heavy atom. The van der Waals surface area contributed by atoms with Gasteiger partial charge in [-0.1, -0.05) is 17.7 Å². The van der Waals surface area contributed by atoms with Crippen LogP contribution < -0.4 is 0 Å². The summed E-state index contributed by atoms with van der Waals surface area (Å²) < 4.78 is 38.9. The molecule has 0 saturated carbocycles. The highest BCUT2D eigenvalue weighted by molar-refractivity contribution is 5.36. The highest BCUT2D eigenvalue weighted by Crippen LogP contribution is 2.29. The summed E-state index contributed by atoms with van der Waals surface area (Å²) in [6, 6.07) is 7.23. The number of hydrogen-bond acceptors (Lipinski definition) is 1. The molecule has 0 amide bonds. The van der Waals surface area contributed by atoms with Gasteiger partial charge in [0, 0.05) is 11.9 Å². The Hall–Kier alpha value is -1.78. The average Bonchev–Trinajstić information content (AvgIpc) is 2.61. The number of benzene rings is 1. The van der Waals surface area contributed by atoms with Crippen LogP contribution in [0, 0.1) is 13.8 Å². The monoisotopic (exact) mass is 240 g/mol. The van der Waals surface area contributed by atoms with Crippen LogP contribution in [0.1, 0.15) is 17.1 Å². The first-order chi connectivity index (χ1) is 7.88. The summed E-state index contributed by atoms with van der Waals surface area (Å²) in [6.07, 6.45) is -3.39. The molecule has 0 saturated heterocycles.